The van der Waals surface area contributed by atoms with E-state index in [0.29, 0.717) is 17.8 Å². The Bertz CT molecular complexity index is 388. The normalized spacial score (nSPS) is 15.4. The maximum atomic E-state index is 13.2. The van der Waals surface area contributed by atoms with E-state index in [2.05, 4.69) is 18.7 Å². The summed E-state index contributed by atoms with van der Waals surface area (Å²) in [6.07, 6.45) is 2.48. The van der Waals surface area contributed by atoms with E-state index in [-0.39, 0.29) is 5.82 Å². The lowest BCUT2D eigenvalue weighted by Gasteiger charge is -2.28. The molecule has 1 aliphatic carbocycles. The van der Waals surface area contributed by atoms with Crippen molar-refractivity contribution in [2.45, 2.75) is 38.6 Å². The number of nitrogens with zero attached hydrogens (tertiary/aromatic N) is 1. The Hall–Kier alpha value is -0.760. The van der Waals surface area contributed by atoms with E-state index in [9.17, 15) is 4.39 Å². The van der Waals surface area contributed by atoms with E-state index in [4.69, 9.17) is 11.6 Å². The van der Waals surface area contributed by atoms with Crippen LogP contribution in [0.2, 0.25) is 0 Å². The van der Waals surface area contributed by atoms with Crippen LogP contribution in [0.3, 0.4) is 0 Å². The maximum Gasteiger partial charge on any atom is 0.123 e. The fourth-order valence-corrected chi connectivity index (χ4v) is 2.38. The molecule has 3 heteroatoms. The van der Waals surface area contributed by atoms with Gasteiger partial charge in [0.2, 0.25) is 0 Å². The van der Waals surface area contributed by atoms with Crippen LogP contribution in [0, 0.1) is 11.7 Å². The molecule has 1 nitrogen and oxygen atoms in total. The molecule has 0 atom stereocenters. The first kappa shape index (κ1) is 12.7. The maximum absolute atomic E-state index is 13.2. The number of rotatable bonds is 5. The fourth-order valence-electron chi connectivity index (χ4n) is 2.17. The topological polar surface area (TPSA) is 3.24 Å². The van der Waals surface area contributed by atoms with Gasteiger partial charge in [0.15, 0.2) is 0 Å². The predicted octanol–water partition coefficient (Wildman–Crippen LogP) is 4.19. The van der Waals surface area contributed by atoms with Crippen LogP contribution in [0.25, 0.3) is 0 Å². The molecule has 0 aromatic heterocycles. The molecule has 0 spiro atoms. The molecule has 94 valence electrons. The Morgan fingerprint density at radius 3 is 2.65 bits per heavy atom. The van der Waals surface area contributed by atoms with Crippen molar-refractivity contribution in [1.29, 1.82) is 0 Å². The highest BCUT2D eigenvalue weighted by atomic mass is 35.5. The predicted molar refractivity (Wildman–Crippen MR) is 71.2 cm³/mol. The Balaban J connectivity index is 2.28. The molecule has 0 saturated heterocycles. The largest absolute Gasteiger partial charge is 0.368 e. The summed E-state index contributed by atoms with van der Waals surface area (Å²) in [5.41, 5.74) is 2.01. The Morgan fingerprint density at radius 2 is 2.12 bits per heavy atom. The summed E-state index contributed by atoms with van der Waals surface area (Å²) >= 11 is 5.92. The lowest BCUT2D eigenvalue weighted by molar-refractivity contribution is 0.602. The minimum absolute atomic E-state index is 0.204. The Morgan fingerprint density at radius 1 is 1.41 bits per heavy atom. The Labute approximate surface area is 108 Å². The summed E-state index contributed by atoms with van der Waals surface area (Å²) in [7, 11) is 0. The standard InChI is InChI=1S/C14H19ClFN/c1-10(2)9-17(13-4-5-13)14-6-3-12(16)7-11(14)8-15/h3,6-7,10,13H,4-5,8-9H2,1-2H3. The highest BCUT2D eigenvalue weighted by Gasteiger charge is 2.30. The highest BCUT2D eigenvalue weighted by molar-refractivity contribution is 6.17. The van der Waals surface area contributed by atoms with Crippen molar-refractivity contribution < 1.29 is 4.39 Å². The molecule has 17 heavy (non-hydrogen) atoms. The summed E-state index contributed by atoms with van der Waals surface area (Å²) < 4.78 is 13.2. The van der Waals surface area contributed by atoms with Gasteiger partial charge in [0.25, 0.3) is 0 Å². The minimum Gasteiger partial charge on any atom is -0.368 e. The highest BCUT2D eigenvalue weighted by Crippen LogP contribution is 2.35. The number of alkyl halides is 1. The molecule has 0 unspecified atom stereocenters. The molecular weight excluding hydrogens is 237 g/mol. The number of anilines is 1. The molecule has 0 aliphatic heterocycles. The van der Waals surface area contributed by atoms with Crippen molar-refractivity contribution in [1.82, 2.24) is 0 Å². The van der Waals surface area contributed by atoms with Crippen LogP contribution in [-0.2, 0) is 5.88 Å². The summed E-state index contributed by atoms with van der Waals surface area (Å²) in [4.78, 5) is 2.39. The van der Waals surface area contributed by atoms with Gasteiger partial charge < -0.3 is 4.90 Å². The van der Waals surface area contributed by atoms with Crippen molar-refractivity contribution >= 4 is 17.3 Å². The SMILES string of the molecule is CC(C)CN(c1ccc(F)cc1CCl)C1CC1. The van der Waals surface area contributed by atoms with Crippen LogP contribution in [0.4, 0.5) is 10.1 Å². The zero-order valence-electron chi connectivity index (χ0n) is 10.4. The number of halogens is 2. The van der Waals surface area contributed by atoms with E-state index in [1.807, 2.05) is 6.07 Å². The van der Waals surface area contributed by atoms with Gasteiger partial charge in [-0.15, -0.1) is 11.6 Å². The molecule has 0 radical (unpaired) electrons. The first-order valence-corrected chi connectivity index (χ1v) is 6.76. The van der Waals surface area contributed by atoms with Crippen molar-refractivity contribution in [3.8, 4) is 0 Å². The third-order valence-electron chi connectivity index (χ3n) is 3.04. The van der Waals surface area contributed by atoms with Crippen LogP contribution in [0.5, 0.6) is 0 Å². The van der Waals surface area contributed by atoms with Crippen molar-refractivity contribution in [2.75, 3.05) is 11.4 Å². The first-order valence-electron chi connectivity index (χ1n) is 6.23. The average Bonchev–Trinajstić information content (AvgIpc) is 3.09. The zero-order valence-corrected chi connectivity index (χ0v) is 11.2. The van der Waals surface area contributed by atoms with Gasteiger partial charge in [0.1, 0.15) is 5.82 Å². The molecule has 1 aromatic rings. The van der Waals surface area contributed by atoms with Crippen LogP contribution >= 0.6 is 11.6 Å². The van der Waals surface area contributed by atoms with Crippen LogP contribution in [-0.4, -0.2) is 12.6 Å². The average molecular weight is 256 g/mol. The Kier molecular flexibility index (Phi) is 3.93. The molecule has 2 rings (SSSR count). The van der Waals surface area contributed by atoms with Crippen molar-refractivity contribution in [3.63, 3.8) is 0 Å². The molecule has 0 heterocycles. The van der Waals surface area contributed by atoms with Crippen LogP contribution < -0.4 is 4.90 Å². The van der Waals surface area contributed by atoms with E-state index in [1.165, 1.54) is 18.9 Å². The summed E-state index contributed by atoms with van der Waals surface area (Å²) in [5.74, 6) is 0.766. The molecule has 1 aromatic carbocycles. The second-order valence-electron chi connectivity index (χ2n) is 5.18. The van der Waals surface area contributed by atoms with Gasteiger partial charge in [-0.2, -0.15) is 0 Å². The smallest absolute Gasteiger partial charge is 0.123 e. The third kappa shape index (κ3) is 3.12. The summed E-state index contributed by atoms with van der Waals surface area (Å²) in [6.45, 7) is 5.43. The van der Waals surface area contributed by atoms with E-state index < -0.39 is 0 Å². The zero-order chi connectivity index (χ0) is 12.4. The van der Waals surface area contributed by atoms with Gasteiger partial charge in [-0.05, 0) is 42.5 Å². The van der Waals surface area contributed by atoms with Gasteiger partial charge in [0.05, 0.1) is 0 Å². The second kappa shape index (κ2) is 5.26. The quantitative estimate of drug-likeness (QED) is 0.713. The molecule has 1 saturated carbocycles. The van der Waals surface area contributed by atoms with Crippen LogP contribution in [0.1, 0.15) is 32.3 Å². The van der Waals surface area contributed by atoms with Gasteiger partial charge in [-0.1, -0.05) is 13.8 Å². The van der Waals surface area contributed by atoms with Gasteiger partial charge in [-0.3, -0.25) is 0 Å². The fraction of sp³-hybridized carbons (Fsp3) is 0.571. The van der Waals surface area contributed by atoms with Gasteiger partial charge >= 0.3 is 0 Å². The lowest BCUT2D eigenvalue weighted by Crippen LogP contribution is -2.30. The molecule has 1 fully saturated rings. The van der Waals surface area contributed by atoms with Crippen LogP contribution in [0.15, 0.2) is 18.2 Å². The van der Waals surface area contributed by atoms with E-state index in [1.54, 1.807) is 6.07 Å². The summed E-state index contributed by atoms with van der Waals surface area (Å²) in [6, 6.07) is 5.58. The molecule has 1 aliphatic rings. The van der Waals surface area contributed by atoms with E-state index >= 15 is 0 Å². The first-order chi connectivity index (χ1) is 8.11. The van der Waals surface area contributed by atoms with Gasteiger partial charge in [-0.25, -0.2) is 4.39 Å². The number of hydrogen-bond acceptors (Lipinski definition) is 1. The minimum atomic E-state index is -0.204. The monoisotopic (exact) mass is 255 g/mol. The lowest BCUT2D eigenvalue weighted by atomic mass is 10.1. The number of hydrogen-bond donors (Lipinski definition) is 0. The van der Waals surface area contributed by atoms with Gasteiger partial charge in [0, 0.05) is 24.2 Å². The number of benzene rings is 1. The third-order valence-corrected chi connectivity index (χ3v) is 3.33. The van der Waals surface area contributed by atoms with Crippen molar-refractivity contribution in [2.24, 2.45) is 5.92 Å². The molecule has 0 N–H and O–H groups in total. The second-order valence-corrected chi connectivity index (χ2v) is 5.45. The molecular formula is C14H19ClFN. The summed E-state index contributed by atoms with van der Waals surface area (Å²) in [5, 5.41) is 0. The molecule has 0 amide bonds. The van der Waals surface area contributed by atoms with Crippen molar-refractivity contribution in [3.05, 3.63) is 29.6 Å². The van der Waals surface area contributed by atoms with E-state index in [0.717, 1.165) is 17.8 Å². The molecule has 0 bridgehead atoms.